The molecule has 0 aliphatic carbocycles. The number of pyridine rings is 1. The number of aryl methyl sites for hydroxylation is 1. The zero-order chi connectivity index (χ0) is 13.1. The molecule has 0 saturated heterocycles. The van der Waals surface area contributed by atoms with Crippen molar-refractivity contribution in [2.75, 3.05) is 0 Å². The molecule has 2 aromatic rings. The molecule has 0 spiro atoms. The van der Waals surface area contributed by atoms with Crippen LogP contribution >= 0.6 is 0 Å². The summed E-state index contributed by atoms with van der Waals surface area (Å²) in [7, 11) is 0. The second-order valence-electron chi connectivity index (χ2n) is 3.96. The molecule has 2 N–H and O–H groups in total. The monoisotopic (exact) mass is 242 g/mol. The van der Waals surface area contributed by atoms with E-state index >= 15 is 0 Å². The van der Waals surface area contributed by atoms with Crippen molar-refractivity contribution in [2.24, 2.45) is 5.73 Å². The lowest BCUT2D eigenvalue weighted by molar-refractivity contribution is 0.680. The SMILES string of the molecule is CCc1nc([C@@H](C)N)n(-c2ccc(C#N)cn2)n1. The fourth-order valence-corrected chi connectivity index (χ4v) is 1.56. The number of nitrogens with two attached hydrogens (primary N) is 1. The van der Waals surface area contributed by atoms with Crippen molar-refractivity contribution in [3.05, 3.63) is 35.5 Å². The van der Waals surface area contributed by atoms with E-state index in [1.54, 1.807) is 16.8 Å². The van der Waals surface area contributed by atoms with E-state index in [1.807, 2.05) is 19.9 Å². The van der Waals surface area contributed by atoms with Crippen molar-refractivity contribution < 1.29 is 0 Å². The number of hydrogen-bond donors (Lipinski definition) is 1. The van der Waals surface area contributed by atoms with E-state index in [-0.39, 0.29) is 6.04 Å². The fraction of sp³-hybridized carbons (Fsp3) is 0.333. The van der Waals surface area contributed by atoms with Crippen LogP contribution in [0.3, 0.4) is 0 Å². The number of nitriles is 1. The summed E-state index contributed by atoms with van der Waals surface area (Å²) in [6.45, 7) is 3.83. The Morgan fingerprint density at radius 2 is 2.28 bits per heavy atom. The molecular formula is C12H14N6. The van der Waals surface area contributed by atoms with Gasteiger partial charge in [0, 0.05) is 12.6 Å². The van der Waals surface area contributed by atoms with Crippen LogP contribution in [0.4, 0.5) is 0 Å². The Kier molecular flexibility index (Phi) is 3.35. The summed E-state index contributed by atoms with van der Waals surface area (Å²) < 4.78 is 1.63. The number of hydrogen-bond acceptors (Lipinski definition) is 5. The predicted octanol–water partition coefficient (Wildman–Crippen LogP) is 1.12. The first-order chi connectivity index (χ1) is 8.65. The molecule has 18 heavy (non-hydrogen) atoms. The minimum absolute atomic E-state index is 0.227. The van der Waals surface area contributed by atoms with E-state index in [9.17, 15) is 0 Å². The Morgan fingerprint density at radius 1 is 1.50 bits per heavy atom. The summed E-state index contributed by atoms with van der Waals surface area (Å²) in [4.78, 5) is 8.56. The highest BCUT2D eigenvalue weighted by Crippen LogP contribution is 2.13. The van der Waals surface area contributed by atoms with Gasteiger partial charge in [-0.1, -0.05) is 6.92 Å². The van der Waals surface area contributed by atoms with Crippen LogP contribution < -0.4 is 5.73 Å². The Hall–Kier alpha value is -2.26. The van der Waals surface area contributed by atoms with E-state index in [4.69, 9.17) is 11.0 Å². The predicted molar refractivity (Wildman–Crippen MR) is 65.8 cm³/mol. The van der Waals surface area contributed by atoms with Crippen molar-refractivity contribution in [3.8, 4) is 11.9 Å². The standard InChI is InChI=1S/C12H14N6/c1-3-10-16-12(8(2)14)18(17-10)11-5-4-9(6-13)7-15-11/h4-5,7-8H,3,14H2,1-2H3/t8-/m1/s1. The van der Waals surface area contributed by atoms with Gasteiger partial charge in [-0.3, -0.25) is 0 Å². The van der Waals surface area contributed by atoms with Gasteiger partial charge >= 0.3 is 0 Å². The minimum atomic E-state index is -0.227. The molecule has 92 valence electrons. The molecule has 2 rings (SSSR count). The van der Waals surface area contributed by atoms with E-state index in [2.05, 4.69) is 15.1 Å². The van der Waals surface area contributed by atoms with Crippen LogP contribution in [0.15, 0.2) is 18.3 Å². The summed E-state index contributed by atoms with van der Waals surface area (Å²) in [5.74, 6) is 2.02. The molecule has 0 fully saturated rings. The van der Waals surface area contributed by atoms with E-state index in [0.717, 1.165) is 12.2 Å². The molecule has 0 saturated carbocycles. The van der Waals surface area contributed by atoms with Crippen LogP contribution in [-0.2, 0) is 6.42 Å². The molecule has 0 radical (unpaired) electrons. The van der Waals surface area contributed by atoms with Gasteiger partial charge in [0.25, 0.3) is 0 Å². The van der Waals surface area contributed by atoms with Gasteiger partial charge in [-0.15, -0.1) is 5.10 Å². The Bertz CT molecular complexity index is 576. The maximum Gasteiger partial charge on any atom is 0.155 e. The average molecular weight is 242 g/mol. The Morgan fingerprint density at radius 3 is 2.78 bits per heavy atom. The zero-order valence-electron chi connectivity index (χ0n) is 10.3. The van der Waals surface area contributed by atoms with Gasteiger partial charge in [0.2, 0.25) is 0 Å². The van der Waals surface area contributed by atoms with Crippen LogP contribution in [0.25, 0.3) is 5.82 Å². The van der Waals surface area contributed by atoms with Crippen molar-refractivity contribution in [1.29, 1.82) is 5.26 Å². The van der Waals surface area contributed by atoms with Crippen LogP contribution in [0.5, 0.6) is 0 Å². The van der Waals surface area contributed by atoms with Crippen LogP contribution in [0.1, 0.15) is 37.1 Å². The summed E-state index contributed by atoms with van der Waals surface area (Å²) in [6, 6.07) is 5.23. The van der Waals surface area contributed by atoms with Crippen LogP contribution in [0.2, 0.25) is 0 Å². The second-order valence-corrected chi connectivity index (χ2v) is 3.96. The van der Waals surface area contributed by atoms with E-state index in [1.165, 1.54) is 6.20 Å². The van der Waals surface area contributed by atoms with Crippen LogP contribution in [0, 0.1) is 11.3 Å². The van der Waals surface area contributed by atoms with E-state index < -0.39 is 0 Å². The topological polar surface area (TPSA) is 93.4 Å². The van der Waals surface area contributed by atoms with Gasteiger partial charge in [0.1, 0.15) is 6.07 Å². The molecule has 0 amide bonds. The van der Waals surface area contributed by atoms with Gasteiger partial charge in [0.05, 0.1) is 11.6 Å². The molecule has 2 aromatic heterocycles. The Balaban J connectivity index is 2.48. The maximum absolute atomic E-state index is 8.74. The number of nitrogens with zero attached hydrogens (tertiary/aromatic N) is 5. The minimum Gasteiger partial charge on any atom is -0.322 e. The number of rotatable bonds is 3. The third kappa shape index (κ3) is 2.21. The third-order valence-electron chi connectivity index (χ3n) is 2.49. The van der Waals surface area contributed by atoms with E-state index in [0.29, 0.717) is 17.2 Å². The quantitative estimate of drug-likeness (QED) is 0.870. The smallest absolute Gasteiger partial charge is 0.155 e. The molecule has 0 aromatic carbocycles. The van der Waals surface area contributed by atoms with Crippen molar-refractivity contribution in [3.63, 3.8) is 0 Å². The fourth-order valence-electron chi connectivity index (χ4n) is 1.56. The average Bonchev–Trinajstić information content (AvgIpc) is 2.83. The molecule has 0 aliphatic heterocycles. The van der Waals surface area contributed by atoms with Crippen LogP contribution in [-0.4, -0.2) is 19.7 Å². The summed E-state index contributed by atoms with van der Waals surface area (Å²) in [5, 5.41) is 13.1. The van der Waals surface area contributed by atoms with Crippen molar-refractivity contribution >= 4 is 0 Å². The summed E-state index contributed by atoms with van der Waals surface area (Å²) in [6.07, 6.45) is 2.25. The maximum atomic E-state index is 8.74. The van der Waals surface area contributed by atoms with Gasteiger partial charge in [-0.2, -0.15) is 9.94 Å². The lowest BCUT2D eigenvalue weighted by Gasteiger charge is -2.06. The molecule has 0 unspecified atom stereocenters. The molecule has 6 heteroatoms. The van der Waals surface area contributed by atoms with Gasteiger partial charge in [0.15, 0.2) is 17.5 Å². The van der Waals surface area contributed by atoms with Gasteiger partial charge in [-0.05, 0) is 19.1 Å². The first kappa shape index (κ1) is 12.2. The molecule has 1 atom stereocenters. The largest absolute Gasteiger partial charge is 0.322 e. The first-order valence-corrected chi connectivity index (χ1v) is 5.73. The normalized spacial score (nSPS) is 12.1. The van der Waals surface area contributed by atoms with Gasteiger partial charge in [-0.25, -0.2) is 9.97 Å². The molecule has 0 aliphatic rings. The Labute approximate surface area is 105 Å². The second kappa shape index (κ2) is 4.94. The molecule has 6 nitrogen and oxygen atoms in total. The highest BCUT2D eigenvalue weighted by molar-refractivity contribution is 5.32. The van der Waals surface area contributed by atoms with Crippen molar-refractivity contribution in [1.82, 2.24) is 19.7 Å². The summed E-state index contributed by atoms with van der Waals surface area (Å²) in [5.41, 5.74) is 6.38. The third-order valence-corrected chi connectivity index (χ3v) is 2.49. The number of aromatic nitrogens is 4. The molecule has 0 bridgehead atoms. The van der Waals surface area contributed by atoms with Gasteiger partial charge < -0.3 is 5.73 Å². The summed E-state index contributed by atoms with van der Waals surface area (Å²) >= 11 is 0. The molecule has 2 heterocycles. The van der Waals surface area contributed by atoms with Crippen molar-refractivity contribution in [2.45, 2.75) is 26.3 Å². The zero-order valence-corrected chi connectivity index (χ0v) is 10.3. The first-order valence-electron chi connectivity index (χ1n) is 5.73. The lowest BCUT2D eigenvalue weighted by atomic mass is 10.3. The highest BCUT2D eigenvalue weighted by Gasteiger charge is 2.14. The lowest BCUT2D eigenvalue weighted by Crippen LogP contribution is -2.14. The highest BCUT2D eigenvalue weighted by atomic mass is 15.4. The molecular weight excluding hydrogens is 228 g/mol.